The Hall–Kier alpha value is -2.08. The number of sulfonamides is 1. The van der Waals surface area contributed by atoms with Gasteiger partial charge < -0.3 is 20.4 Å². The maximum atomic E-state index is 13.8. The standard InChI is InChI=1S/C29H34ClN5O3S.3ClH/c30-24-11-9-21(10-12-24)17-26(33-20-25-18-22-5-1-2-6-23(22)19-32-25)29(36)35-15-13-34(14-16-35)27-7-3-4-8-28(27)39(31,37)38;;;/h1-12,25-26,32-33H,13-20H2,(H2,31,37,38);3*1H. The second-order valence-electron chi connectivity index (χ2n) is 10.2. The predicted molar refractivity (Wildman–Crippen MR) is 176 cm³/mol. The van der Waals surface area contributed by atoms with E-state index >= 15 is 0 Å². The third-order valence-electron chi connectivity index (χ3n) is 7.53. The number of piperazine rings is 1. The van der Waals surface area contributed by atoms with Crippen LogP contribution in [0.1, 0.15) is 16.7 Å². The zero-order chi connectivity index (χ0) is 27.4. The SMILES string of the molecule is Cl.Cl.Cl.NS(=O)(=O)c1ccccc1N1CCN(C(=O)C(Cc2ccc(Cl)cc2)NCC2Cc3ccccc3CN2)CC1. The molecule has 5 rings (SSSR count). The highest BCUT2D eigenvalue weighted by molar-refractivity contribution is 7.89. The van der Waals surface area contributed by atoms with Gasteiger partial charge in [0, 0.05) is 50.3 Å². The van der Waals surface area contributed by atoms with Crippen molar-refractivity contribution in [1.82, 2.24) is 15.5 Å². The molecule has 42 heavy (non-hydrogen) atoms. The largest absolute Gasteiger partial charge is 0.367 e. The number of hydrogen-bond donors (Lipinski definition) is 3. The van der Waals surface area contributed by atoms with E-state index in [9.17, 15) is 13.2 Å². The van der Waals surface area contributed by atoms with Crippen molar-refractivity contribution in [1.29, 1.82) is 0 Å². The summed E-state index contributed by atoms with van der Waals surface area (Å²) in [5, 5.41) is 13.3. The number of carbonyl (C=O) groups is 1. The quantitative estimate of drug-likeness (QED) is 0.335. The molecule has 2 unspecified atom stereocenters. The molecule has 0 radical (unpaired) electrons. The van der Waals surface area contributed by atoms with Crippen LogP contribution in [0.25, 0.3) is 0 Å². The van der Waals surface area contributed by atoms with Crippen molar-refractivity contribution in [3.05, 3.63) is 94.5 Å². The Labute approximate surface area is 271 Å². The van der Waals surface area contributed by atoms with Crippen molar-refractivity contribution in [2.45, 2.75) is 36.4 Å². The number of nitrogens with one attached hydrogen (secondary N) is 2. The van der Waals surface area contributed by atoms with Crippen LogP contribution in [-0.4, -0.2) is 64.0 Å². The Balaban J connectivity index is 0.00000205. The van der Waals surface area contributed by atoms with Crippen molar-refractivity contribution in [3.8, 4) is 0 Å². The fraction of sp³-hybridized carbons (Fsp3) is 0.345. The zero-order valence-corrected chi connectivity index (χ0v) is 27.0. The van der Waals surface area contributed by atoms with Crippen molar-refractivity contribution in [2.75, 3.05) is 37.6 Å². The third kappa shape index (κ3) is 8.97. The Bertz CT molecular complexity index is 1420. The molecule has 3 aromatic carbocycles. The first-order chi connectivity index (χ1) is 18.8. The summed E-state index contributed by atoms with van der Waals surface area (Å²) in [6, 6.07) is 22.6. The van der Waals surface area contributed by atoms with Crippen LogP contribution in [0.15, 0.2) is 77.7 Å². The lowest BCUT2D eigenvalue weighted by Crippen LogP contribution is -2.56. The van der Waals surface area contributed by atoms with Crippen LogP contribution in [0.4, 0.5) is 5.69 Å². The van der Waals surface area contributed by atoms with Crippen LogP contribution in [0.3, 0.4) is 0 Å². The van der Waals surface area contributed by atoms with Gasteiger partial charge in [0.2, 0.25) is 15.9 Å². The molecule has 1 amide bonds. The van der Waals surface area contributed by atoms with Gasteiger partial charge >= 0.3 is 0 Å². The van der Waals surface area contributed by atoms with Gasteiger partial charge in [-0.3, -0.25) is 4.79 Å². The van der Waals surface area contributed by atoms with Gasteiger partial charge in [0.05, 0.1) is 11.7 Å². The van der Waals surface area contributed by atoms with Gasteiger partial charge in [-0.25, -0.2) is 13.6 Å². The maximum absolute atomic E-state index is 13.8. The monoisotopic (exact) mass is 675 g/mol. The second-order valence-corrected chi connectivity index (χ2v) is 12.1. The van der Waals surface area contributed by atoms with Crippen LogP contribution in [0.5, 0.6) is 0 Å². The van der Waals surface area contributed by atoms with Crippen molar-refractivity contribution in [2.24, 2.45) is 5.14 Å². The van der Waals surface area contributed by atoms with Crippen LogP contribution in [0, 0.1) is 0 Å². The van der Waals surface area contributed by atoms with E-state index in [1.54, 1.807) is 18.2 Å². The molecule has 0 spiro atoms. The number of carbonyl (C=O) groups excluding carboxylic acids is 1. The lowest BCUT2D eigenvalue weighted by atomic mass is 9.95. The molecular formula is C29H37Cl4N5O3S. The number of nitrogens with two attached hydrogens (primary N) is 1. The van der Waals surface area contributed by atoms with Gasteiger partial charge in [-0.1, -0.05) is 60.1 Å². The zero-order valence-electron chi connectivity index (χ0n) is 22.9. The molecule has 0 saturated carbocycles. The van der Waals surface area contributed by atoms with Crippen molar-refractivity contribution >= 4 is 70.4 Å². The lowest BCUT2D eigenvalue weighted by molar-refractivity contribution is -0.133. The summed E-state index contributed by atoms with van der Waals surface area (Å²) in [5.74, 6) is 0.0422. The van der Waals surface area contributed by atoms with E-state index in [1.807, 2.05) is 34.1 Å². The highest BCUT2D eigenvalue weighted by Crippen LogP contribution is 2.25. The molecule has 0 aromatic heterocycles. The van der Waals surface area contributed by atoms with Crippen molar-refractivity contribution < 1.29 is 13.2 Å². The average Bonchev–Trinajstić information content (AvgIpc) is 2.95. The average molecular weight is 678 g/mol. The van der Waals surface area contributed by atoms with E-state index in [0.29, 0.717) is 49.9 Å². The van der Waals surface area contributed by atoms with Gasteiger partial charge in [-0.05, 0) is 53.8 Å². The van der Waals surface area contributed by atoms with Gasteiger partial charge in [-0.15, -0.1) is 37.2 Å². The number of primary sulfonamides is 1. The highest BCUT2D eigenvalue weighted by Gasteiger charge is 2.30. The number of amides is 1. The van der Waals surface area contributed by atoms with Gasteiger partial charge in [0.25, 0.3) is 0 Å². The maximum Gasteiger partial charge on any atom is 0.240 e. The van der Waals surface area contributed by atoms with Gasteiger partial charge in [0.1, 0.15) is 4.90 Å². The molecule has 2 heterocycles. The molecule has 230 valence electrons. The number of anilines is 1. The molecule has 8 nitrogen and oxygen atoms in total. The number of benzene rings is 3. The number of rotatable bonds is 8. The van der Waals surface area contributed by atoms with E-state index in [2.05, 4.69) is 34.9 Å². The molecule has 3 aromatic rings. The summed E-state index contributed by atoms with van der Waals surface area (Å²) in [6.45, 7) is 3.51. The minimum Gasteiger partial charge on any atom is -0.367 e. The summed E-state index contributed by atoms with van der Waals surface area (Å²) < 4.78 is 24.2. The normalized spacial score (nSPS) is 17.1. The van der Waals surface area contributed by atoms with Crippen LogP contribution < -0.4 is 20.7 Å². The lowest BCUT2D eigenvalue weighted by Gasteiger charge is -2.38. The van der Waals surface area contributed by atoms with Crippen LogP contribution >= 0.6 is 48.8 Å². The fourth-order valence-electron chi connectivity index (χ4n) is 5.40. The molecule has 0 aliphatic carbocycles. The summed E-state index contributed by atoms with van der Waals surface area (Å²) in [5.41, 5.74) is 4.28. The first-order valence-corrected chi connectivity index (χ1v) is 15.1. The minimum atomic E-state index is -3.85. The Morgan fingerprint density at radius 2 is 1.55 bits per heavy atom. The first-order valence-electron chi connectivity index (χ1n) is 13.2. The minimum absolute atomic E-state index is 0. The molecule has 2 atom stereocenters. The van der Waals surface area contributed by atoms with Crippen LogP contribution in [-0.2, 0) is 34.2 Å². The Morgan fingerprint density at radius 1 is 0.929 bits per heavy atom. The van der Waals surface area contributed by atoms with E-state index in [1.165, 1.54) is 17.2 Å². The smallest absolute Gasteiger partial charge is 0.240 e. The summed E-state index contributed by atoms with van der Waals surface area (Å²) in [4.78, 5) is 17.7. The number of halogens is 4. The molecule has 1 fully saturated rings. The Morgan fingerprint density at radius 3 is 2.21 bits per heavy atom. The van der Waals surface area contributed by atoms with E-state index < -0.39 is 16.1 Å². The molecule has 13 heteroatoms. The van der Waals surface area contributed by atoms with Gasteiger partial charge in [-0.2, -0.15) is 0 Å². The van der Waals surface area contributed by atoms with E-state index in [-0.39, 0.29) is 54.1 Å². The number of para-hydroxylation sites is 1. The number of fused-ring (bicyclic) bond motifs is 1. The molecule has 2 aliphatic heterocycles. The predicted octanol–water partition coefficient (Wildman–Crippen LogP) is 3.82. The Kier molecular flexibility index (Phi) is 13.9. The molecule has 1 saturated heterocycles. The molecule has 2 aliphatic rings. The topological polar surface area (TPSA) is 108 Å². The first kappa shape index (κ1) is 36.1. The molecular weight excluding hydrogens is 640 g/mol. The van der Waals surface area contributed by atoms with Crippen LogP contribution in [0.2, 0.25) is 5.02 Å². The second kappa shape index (κ2) is 16.1. The summed E-state index contributed by atoms with van der Waals surface area (Å²) in [7, 11) is -3.85. The third-order valence-corrected chi connectivity index (χ3v) is 8.74. The van der Waals surface area contributed by atoms with E-state index in [4.69, 9.17) is 16.7 Å². The highest BCUT2D eigenvalue weighted by atomic mass is 35.5. The fourth-order valence-corrected chi connectivity index (χ4v) is 6.28. The molecule has 4 N–H and O–H groups in total. The summed E-state index contributed by atoms with van der Waals surface area (Å²) in [6.07, 6.45) is 1.46. The number of nitrogens with zero attached hydrogens (tertiary/aromatic N) is 2. The number of hydrogen-bond acceptors (Lipinski definition) is 6. The van der Waals surface area contributed by atoms with Crippen molar-refractivity contribution in [3.63, 3.8) is 0 Å². The molecule has 0 bridgehead atoms. The van der Waals surface area contributed by atoms with Gasteiger partial charge in [0.15, 0.2) is 0 Å². The van der Waals surface area contributed by atoms with E-state index in [0.717, 1.165) is 18.5 Å². The summed E-state index contributed by atoms with van der Waals surface area (Å²) >= 11 is 6.09.